The normalized spacial score (nSPS) is 10.1. The molecule has 1 heterocycles. The lowest BCUT2D eigenvalue weighted by Crippen LogP contribution is -2.18. The highest BCUT2D eigenvalue weighted by molar-refractivity contribution is 7.83. The van der Waals surface area contributed by atoms with Gasteiger partial charge in [0.05, 0.1) is 19.4 Å². The molecule has 1 rings (SSSR count). The predicted molar refractivity (Wildman–Crippen MR) is 74.0 cm³/mol. The molecule has 0 aromatic carbocycles. The van der Waals surface area contributed by atoms with Gasteiger partial charge in [0.2, 0.25) is 5.88 Å². The fourth-order valence-electron chi connectivity index (χ4n) is 1.50. The van der Waals surface area contributed by atoms with E-state index in [1.54, 1.807) is 6.92 Å². The van der Waals surface area contributed by atoms with E-state index < -0.39 is 11.9 Å². The molecule has 1 aromatic heterocycles. The molecule has 0 bridgehead atoms. The molecule has 104 valence electrons. The van der Waals surface area contributed by atoms with Crippen molar-refractivity contribution in [3.05, 3.63) is 11.3 Å². The van der Waals surface area contributed by atoms with Crippen molar-refractivity contribution in [1.82, 2.24) is 4.57 Å². The highest BCUT2D eigenvalue weighted by Gasteiger charge is 2.29. The van der Waals surface area contributed by atoms with Gasteiger partial charge in [-0.2, -0.15) is 0 Å². The second-order valence-electron chi connectivity index (χ2n) is 3.50. The standard InChI is InChI=1S/C11H13NO5S2/c1-4-17-10(14)5-7(18)6(12(2)9(5)13)8(19)11(15)16-3/h13,18H,4H2,1-3H3. The van der Waals surface area contributed by atoms with Gasteiger partial charge in [-0.15, -0.1) is 12.6 Å². The lowest BCUT2D eigenvalue weighted by Gasteiger charge is -2.04. The number of esters is 2. The predicted octanol–water partition coefficient (Wildman–Crippen LogP) is 1.09. The molecular formula is C11H13NO5S2. The third kappa shape index (κ3) is 2.74. The van der Waals surface area contributed by atoms with Gasteiger partial charge in [-0.05, 0) is 6.92 Å². The lowest BCUT2D eigenvalue weighted by atomic mass is 10.2. The molecule has 0 atom stereocenters. The van der Waals surface area contributed by atoms with Crippen LogP contribution in [0.25, 0.3) is 0 Å². The number of hydrogen-bond acceptors (Lipinski definition) is 7. The van der Waals surface area contributed by atoms with Crippen molar-refractivity contribution < 1.29 is 24.2 Å². The number of aromatic nitrogens is 1. The average Bonchev–Trinajstić information content (AvgIpc) is 2.59. The Kier molecular flexibility index (Phi) is 4.96. The fraction of sp³-hybridized carbons (Fsp3) is 0.364. The first-order chi connectivity index (χ1) is 8.86. The summed E-state index contributed by atoms with van der Waals surface area (Å²) >= 11 is 9.06. The van der Waals surface area contributed by atoms with Crippen molar-refractivity contribution >= 4 is 41.6 Å². The molecule has 0 aliphatic heterocycles. The first-order valence-electron chi connectivity index (χ1n) is 5.27. The monoisotopic (exact) mass is 303 g/mol. The molecule has 0 aliphatic carbocycles. The number of thiocarbonyl (C=S) groups is 1. The Morgan fingerprint density at radius 1 is 1.47 bits per heavy atom. The highest BCUT2D eigenvalue weighted by atomic mass is 32.1. The van der Waals surface area contributed by atoms with Crippen LogP contribution in [0.2, 0.25) is 0 Å². The van der Waals surface area contributed by atoms with Crippen molar-refractivity contribution in [2.24, 2.45) is 7.05 Å². The summed E-state index contributed by atoms with van der Waals surface area (Å²) in [7, 11) is 2.63. The van der Waals surface area contributed by atoms with Crippen LogP contribution < -0.4 is 0 Å². The molecule has 0 saturated heterocycles. The summed E-state index contributed by atoms with van der Waals surface area (Å²) in [6.45, 7) is 1.78. The molecule has 1 aromatic rings. The van der Waals surface area contributed by atoms with Gasteiger partial charge in [0.25, 0.3) is 0 Å². The van der Waals surface area contributed by atoms with Crippen molar-refractivity contribution in [3.63, 3.8) is 0 Å². The number of methoxy groups -OCH3 is 1. The van der Waals surface area contributed by atoms with Gasteiger partial charge in [-0.1, -0.05) is 12.2 Å². The zero-order valence-corrected chi connectivity index (χ0v) is 12.3. The molecule has 0 spiro atoms. The van der Waals surface area contributed by atoms with Crippen LogP contribution in [-0.4, -0.2) is 40.2 Å². The summed E-state index contributed by atoms with van der Waals surface area (Å²) in [6, 6.07) is 0. The van der Waals surface area contributed by atoms with Gasteiger partial charge in [-0.25, -0.2) is 9.59 Å². The summed E-state index contributed by atoms with van der Waals surface area (Å²) < 4.78 is 10.5. The summed E-state index contributed by atoms with van der Waals surface area (Å²) in [5.74, 6) is -1.86. The number of hydrogen-bond donors (Lipinski definition) is 2. The smallest absolute Gasteiger partial charge is 0.351 e. The zero-order valence-electron chi connectivity index (χ0n) is 10.6. The van der Waals surface area contributed by atoms with Gasteiger partial charge in [0.15, 0.2) is 0 Å². The molecule has 0 amide bonds. The number of nitrogens with zero attached hydrogens (tertiary/aromatic N) is 1. The van der Waals surface area contributed by atoms with E-state index in [2.05, 4.69) is 17.4 Å². The summed E-state index contributed by atoms with van der Waals surface area (Å²) in [5, 5.41) is 9.90. The number of carbonyl (C=O) groups excluding carboxylic acids is 2. The van der Waals surface area contributed by atoms with E-state index in [4.69, 9.17) is 17.0 Å². The van der Waals surface area contributed by atoms with E-state index in [0.717, 1.165) is 0 Å². The summed E-state index contributed by atoms with van der Waals surface area (Å²) in [6.07, 6.45) is 0. The molecule has 0 fully saturated rings. The molecule has 19 heavy (non-hydrogen) atoms. The van der Waals surface area contributed by atoms with Crippen LogP contribution in [0.1, 0.15) is 23.0 Å². The van der Waals surface area contributed by atoms with E-state index in [9.17, 15) is 14.7 Å². The van der Waals surface area contributed by atoms with E-state index in [0.29, 0.717) is 0 Å². The molecule has 6 nitrogen and oxygen atoms in total. The average molecular weight is 303 g/mol. The fourth-order valence-corrected chi connectivity index (χ4v) is 2.35. The van der Waals surface area contributed by atoms with E-state index >= 15 is 0 Å². The Bertz CT molecular complexity index is 550. The molecule has 0 saturated carbocycles. The largest absolute Gasteiger partial charge is 0.494 e. The van der Waals surface area contributed by atoms with Crippen LogP contribution >= 0.6 is 24.8 Å². The minimum absolute atomic E-state index is 0.0776. The van der Waals surface area contributed by atoms with Gasteiger partial charge in [-0.3, -0.25) is 0 Å². The number of aromatic hydroxyl groups is 1. The molecule has 1 N–H and O–H groups in total. The minimum Gasteiger partial charge on any atom is -0.494 e. The van der Waals surface area contributed by atoms with E-state index in [-0.39, 0.29) is 33.5 Å². The van der Waals surface area contributed by atoms with E-state index in [1.807, 2.05) is 0 Å². The topological polar surface area (TPSA) is 77.8 Å². The van der Waals surface area contributed by atoms with E-state index in [1.165, 1.54) is 18.7 Å². The summed E-state index contributed by atoms with van der Waals surface area (Å²) in [4.78, 5) is 23.0. The number of carbonyl (C=O) groups is 2. The SMILES string of the molecule is CCOC(=O)c1c(S)c(C(=S)C(=O)OC)n(C)c1O. The van der Waals surface area contributed by atoms with Crippen LogP contribution in [-0.2, 0) is 21.3 Å². The Balaban J connectivity index is 3.37. The van der Waals surface area contributed by atoms with Gasteiger partial charge in [0.1, 0.15) is 10.4 Å². The van der Waals surface area contributed by atoms with Crippen molar-refractivity contribution in [1.29, 1.82) is 0 Å². The van der Waals surface area contributed by atoms with Crippen LogP contribution in [0, 0.1) is 0 Å². The van der Waals surface area contributed by atoms with Crippen molar-refractivity contribution in [3.8, 4) is 5.88 Å². The minimum atomic E-state index is -0.749. The molecule has 0 radical (unpaired) electrons. The molecular weight excluding hydrogens is 290 g/mol. The van der Waals surface area contributed by atoms with Gasteiger partial charge < -0.3 is 19.1 Å². The number of ether oxygens (including phenoxy) is 2. The van der Waals surface area contributed by atoms with Crippen LogP contribution in [0.15, 0.2) is 4.90 Å². The maximum Gasteiger partial charge on any atom is 0.351 e. The zero-order chi connectivity index (χ0) is 14.7. The Morgan fingerprint density at radius 3 is 2.53 bits per heavy atom. The second kappa shape index (κ2) is 6.07. The second-order valence-corrected chi connectivity index (χ2v) is 4.35. The summed E-state index contributed by atoms with van der Waals surface area (Å²) in [5.41, 5.74) is -0.000303. The van der Waals surface area contributed by atoms with Crippen LogP contribution in [0.4, 0.5) is 0 Å². The van der Waals surface area contributed by atoms with Crippen LogP contribution in [0.5, 0.6) is 5.88 Å². The third-order valence-electron chi connectivity index (χ3n) is 2.40. The molecule has 0 unspecified atom stereocenters. The van der Waals surface area contributed by atoms with Crippen molar-refractivity contribution in [2.45, 2.75) is 11.8 Å². The van der Waals surface area contributed by atoms with Crippen molar-refractivity contribution in [2.75, 3.05) is 13.7 Å². The maximum atomic E-state index is 11.7. The first-order valence-corrected chi connectivity index (χ1v) is 6.12. The molecule has 0 aliphatic rings. The van der Waals surface area contributed by atoms with Gasteiger partial charge in [0, 0.05) is 11.9 Å². The quantitative estimate of drug-likeness (QED) is 0.375. The Labute approximate surface area is 120 Å². The Hall–Kier alpha value is -1.54. The lowest BCUT2D eigenvalue weighted by molar-refractivity contribution is -0.132. The third-order valence-corrected chi connectivity index (χ3v) is 3.20. The number of rotatable bonds is 4. The van der Waals surface area contributed by atoms with Crippen LogP contribution in [0.3, 0.4) is 0 Å². The number of thiol groups is 1. The Morgan fingerprint density at radius 2 is 2.05 bits per heavy atom. The maximum absolute atomic E-state index is 11.7. The highest BCUT2D eigenvalue weighted by Crippen LogP contribution is 2.32. The first kappa shape index (κ1) is 15.5. The van der Waals surface area contributed by atoms with Gasteiger partial charge >= 0.3 is 11.9 Å². The molecule has 8 heteroatoms.